The van der Waals surface area contributed by atoms with Crippen LogP contribution in [0.3, 0.4) is 0 Å². The number of aryl methyl sites for hydroxylation is 1. The van der Waals surface area contributed by atoms with Crippen molar-refractivity contribution >= 4 is 5.91 Å². The van der Waals surface area contributed by atoms with Crippen molar-refractivity contribution < 1.29 is 9.32 Å². The minimum atomic E-state index is -0.0274. The predicted molar refractivity (Wildman–Crippen MR) is 83.0 cm³/mol. The van der Waals surface area contributed by atoms with E-state index >= 15 is 0 Å². The van der Waals surface area contributed by atoms with Gasteiger partial charge in [0, 0.05) is 31.1 Å². The van der Waals surface area contributed by atoms with E-state index in [1.807, 2.05) is 25.7 Å². The van der Waals surface area contributed by atoms with Gasteiger partial charge in [-0.2, -0.15) is 4.98 Å². The summed E-state index contributed by atoms with van der Waals surface area (Å²) in [4.78, 5) is 27.1. The zero-order chi connectivity index (χ0) is 16.4. The van der Waals surface area contributed by atoms with Gasteiger partial charge in [0.1, 0.15) is 6.33 Å². The fourth-order valence-corrected chi connectivity index (χ4v) is 2.79. The molecule has 122 valence electrons. The Morgan fingerprint density at radius 2 is 2.26 bits per heavy atom. The highest BCUT2D eigenvalue weighted by Gasteiger charge is 2.29. The first-order chi connectivity index (χ1) is 11.1. The van der Waals surface area contributed by atoms with Crippen molar-refractivity contribution in [3.05, 3.63) is 35.5 Å². The molecule has 0 bridgehead atoms. The normalized spacial score (nSPS) is 18.4. The average molecular weight is 315 g/mol. The van der Waals surface area contributed by atoms with E-state index in [-0.39, 0.29) is 17.7 Å². The van der Waals surface area contributed by atoms with Crippen LogP contribution in [0.2, 0.25) is 0 Å². The third-order valence-electron chi connectivity index (χ3n) is 4.17. The molecule has 23 heavy (non-hydrogen) atoms. The van der Waals surface area contributed by atoms with Crippen molar-refractivity contribution in [1.82, 2.24) is 25.0 Å². The smallest absolute Gasteiger partial charge is 0.257 e. The minimum absolute atomic E-state index is 0.0274. The standard InChI is InChI=1S/C16H21N5O2/c1-10(2)15-19-14(20-23-15)12-5-4-6-21(8-12)16(22)13-7-17-9-18-11(13)3/h7,9-10,12H,4-6,8H2,1-3H3/t12-/m0/s1. The molecule has 0 radical (unpaired) electrons. The molecule has 0 aliphatic carbocycles. The highest BCUT2D eigenvalue weighted by Crippen LogP contribution is 2.27. The molecule has 3 heterocycles. The lowest BCUT2D eigenvalue weighted by molar-refractivity contribution is 0.0702. The van der Waals surface area contributed by atoms with E-state index in [0.29, 0.717) is 29.5 Å². The molecule has 1 aliphatic rings. The monoisotopic (exact) mass is 315 g/mol. The second-order valence-corrected chi connectivity index (χ2v) is 6.26. The number of likely N-dealkylation sites (tertiary alicyclic amines) is 1. The first-order valence-corrected chi connectivity index (χ1v) is 7.95. The van der Waals surface area contributed by atoms with Gasteiger partial charge in [-0.25, -0.2) is 9.97 Å². The summed E-state index contributed by atoms with van der Waals surface area (Å²) in [6.07, 6.45) is 4.93. The molecule has 1 fully saturated rings. The quantitative estimate of drug-likeness (QED) is 0.864. The summed E-state index contributed by atoms with van der Waals surface area (Å²) in [6, 6.07) is 0. The van der Waals surface area contributed by atoms with Crippen LogP contribution in [-0.2, 0) is 0 Å². The first kappa shape index (κ1) is 15.6. The topological polar surface area (TPSA) is 85.0 Å². The third-order valence-corrected chi connectivity index (χ3v) is 4.17. The van der Waals surface area contributed by atoms with E-state index < -0.39 is 0 Å². The molecule has 0 aromatic carbocycles. The van der Waals surface area contributed by atoms with E-state index in [4.69, 9.17) is 4.52 Å². The van der Waals surface area contributed by atoms with Gasteiger partial charge in [-0.1, -0.05) is 19.0 Å². The van der Waals surface area contributed by atoms with Crippen LogP contribution in [0.25, 0.3) is 0 Å². The van der Waals surface area contributed by atoms with Crippen LogP contribution in [0.15, 0.2) is 17.0 Å². The van der Waals surface area contributed by atoms with Crippen LogP contribution in [0, 0.1) is 6.92 Å². The van der Waals surface area contributed by atoms with Gasteiger partial charge in [-0.05, 0) is 19.8 Å². The lowest BCUT2D eigenvalue weighted by atomic mass is 9.96. The van der Waals surface area contributed by atoms with Gasteiger partial charge < -0.3 is 9.42 Å². The Hall–Kier alpha value is -2.31. The number of nitrogens with zero attached hydrogens (tertiary/aromatic N) is 5. The molecule has 0 unspecified atom stereocenters. The summed E-state index contributed by atoms with van der Waals surface area (Å²) in [5.74, 6) is 1.65. The highest BCUT2D eigenvalue weighted by atomic mass is 16.5. The summed E-state index contributed by atoms with van der Waals surface area (Å²) in [5.41, 5.74) is 1.26. The molecule has 0 spiro atoms. The molecule has 2 aromatic rings. The molecular formula is C16H21N5O2. The Morgan fingerprint density at radius 3 is 2.96 bits per heavy atom. The third kappa shape index (κ3) is 3.23. The number of amides is 1. The lowest BCUT2D eigenvalue weighted by Crippen LogP contribution is -2.39. The largest absolute Gasteiger partial charge is 0.339 e. The number of carbonyl (C=O) groups excluding carboxylic acids is 1. The maximum atomic E-state index is 12.7. The second-order valence-electron chi connectivity index (χ2n) is 6.26. The molecule has 2 aromatic heterocycles. The number of piperidine rings is 1. The Bertz CT molecular complexity index is 697. The summed E-state index contributed by atoms with van der Waals surface area (Å²) < 4.78 is 5.29. The molecule has 7 nitrogen and oxygen atoms in total. The summed E-state index contributed by atoms with van der Waals surface area (Å²) >= 11 is 0. The molecular weight excluding hydrogens is 294 g/mol. The van der Waals surface area contributed by atoms with Crippen molar-refractivity contribution in [2.45, 2.75) is 45.4 Å². The predicted octanol–water partition coefficient (Wildman–Crippen LogP) is 2.31. The number of hydrogen-bond donors (Lipinski definition) is 0. The van der Waals surface area contributed by atoms with Gasteiger partial charge >= 0.3 is 0 Å². The van der Waals surface area contributed by atoms with E-state index in [1.54, 1.807) is 6.20 Å². The van der Waals surface area contributed by atoms with E-state index in [0.717, 1.165) is 19.4 Å². The first-order valence-electron chi connectivity index (χ1n) is 7.95. The Kier molecular flexibility index (Phi) is 4.36. The maximum absolute atomic E-state index is 12.7. The molecule has 1 amide bonds. The van der Waals surface area contributed by atoms with Crippen LogP contribution in [0.5, 0.6) is 0 Å². The SMILES string of the molecule is Cc1ncncc1C(=O)N1CCC[C@H](c2noc(C(C)C)n2)C1. The summed E-state index contributed by atoms with van der Waals surface area (Å²) in [5, 5.41) is 4.10. The lowest BCUT2D eigenvalue weighted by Gasteiger charge is -2.31. The number of hydrogen-bond acceptors (Lipinski definition) is 6. The minimum Gasteiger partial charge on any atom is -0.339 e. The van der Waals surface area contributed by atoms with Crippen LogP contribution in [-0.4, -0.2) is 44.0 Å². The van der Waals surface area contributed by atoms with Gasteiger partial charge in [0.25, 0.3) is 5.91 Å². The van der Waals surface area contributed by atoms with Gasteiger partial charge in [-0.15, -0.1) is 0 Å². The van der Waals surface area contributed by atoms with E-state index in [9.17, 15) is 4.79 Å². The van der Waals surface area contributed by atoms with Gasteiger partial charge in [0.2, 0.25) is 5.89 Å². The zero-order valence-corrected chi connectivity index (χ0v) is 13.7. The fraction of sp³-hybridized carbons (Fsp3) is 0.562. The molecule has 7 heteroatoms. The Morgan fingerprint density at radius 1 is 1.43 bits per heavy atom. The Balaban J connectivity index is 1.75. The summed E-state index contributed by atoms with van der Waals surface area (Å²) in [7, 11) is 0. The van der Waals surface area contributed by atoms with Gasteiger partial charge in [0.15, 0.2) is 5.82 Å². The molecule has 1 aliphatic heterocycles. The maximum Gasteiger partial charge on any atom is 0.257 e. The molecule has 1 atom stereocenters. The molecule has 0 saturated carbocycles. The van der Waals surface area contributed by atoms with Crippen LogP contribution in [0.1, 0.15) is 66.3 Å². The number of aromatic nitrogens is 4. The summed E-state index contributed by atoms with van der Waals surface area (Å²) in [6.45, 7) is 7.20. The average Bonchev–Trinajstić information content (AvgIpc) is 3.05. The van der Waals surface area contributed by atoms with Crippen LogP contribution < -0.4 is 0 Å². The van der Waals surface area contributed by atoms with Crippen molar-refractivity contribution in [3.8, 4) is 0 Å². The second kappa shape index (κ2) is 6.44. The van der Waals surface area contributed by atoms with Gasteiger partial charge in [0.05, 0.1) is 11.3 Å². The van der Waals surface area contributed by atoms with Crippen molar-refractivity contribution in [2.24, 2.45) is 0 Å². The number of rotatable bonds is 3. The van der Waals surface area contributed by atoms with Crippen LogP contribution >= 0.6 is 0 Å². The van der Waals surface area contributed by atoms with E-state index in [1.165, 1.54) is 6.33 Å². The highest BCUT2D eigenvalue weighted by molar-refractivity contribution is 5.95. The van der Waals surface area contributed by atoms with Crippen molar-refractivity contribution in [3.63, 3.8) is 0 Å². The van der Waals surface area contributed by atoms with Gasteiger partial charge in [-0.3, -0.25) is 4.79 Å². The molecule has 3 rings (SSSR count). The van der Waals surface area contributed by atoms with Crippen molar-refractivity contribution in [2.75, 3.05) is 13.1 Å². The van der Waals surface area contributed by atoms with Crippen molar-refractivity contribution in [1.29, 1.82) is 0 Å². The Labute approximate surface area is 135 Å². The van der Waals surface area contributed by atoms with E-state index in [2.05, 4.69) is 20.1 Å². The molecule has 1 saturated heterocycles. The fourth-order valence-electron chi connectivity index (χ4n) is 2.79. The zero-order valence-electron chi connectivity index (χ0n) is 13.7. The molecule has 0 N–H and O–H groups in total. The van der Waals surface area contributed by atoms with Crippen LogP contribution in [0.4, 0.5) is 0 Å². The number of carbonyl (C=O) groups is 1.